The molecule has 24 heavy (non-hydrogen) atoms. The molecule has 1 aromatic rings. The van der Waals surface area contributed by atoms with Crippen LogP contribution >= 0.6 is 0 Å². The van der Waals surface area contributed by atoms with Crippen molar-refractivity contribution in [2.75, 3.05) is 18.4 Å². The van der Waals surface area contributed by atoms with Crippen LogP contribution in [0.4, 0.5) is 10.5 Å². The molecule has 1 saturated heterocycles. The summed E-state index contributed by atoms with van der Waals surface area (Å²) in [5, 5.41) is 2.40. The minimum atomic E-state index is -0.825. The van der Waals surface area contributed by atoms with Crippen molar-refractivity contribution in [3.8, 4) is 0 Å². The summed E-state index contributed by atoms with van der Waals surface area (Å²) in [6.45, 7) is 5.16. The zero-order valence-electron chi connectivity index (χ0n) is 14.0. The highest BCUT2D eigenvalue weighted by molar-refractivity contribution is 5.93. The molecule has 0 aliphatic carbocycles. The van der Waals surface area contributed by atoms with Crippen LogP contribution in [0.5, 0.6) is 0 Å². The van der Waals surface area contributed by atoms with Crippen LogP contribution in [0.15, 0.2) is 24.3 Å². The van der Waals surface area contributed by atoms with E-state index in [0.29, 0.717) is 30.3 Å². The van der Waals surface area contributed by atoms with Gasteiger partial charge in [0.15, 0.2) is 6.10 Å². The number of carbonyl (C=O) groups is 3. The minimum Gasteiger partial charge on any atom is -0.449 e. The third-order valence-corrected chi connectivity index (χ3v) is 4.12. The van der Waals surface area contributed by atoms with Crippen LogP contribution in [0.25, 0.3) is 0 Å². The molecule has 1 heterocycles. The summed E-state index contributed by atoms with van der Waals surface area (Å²) in [5.41, 5.74) is 5.80. The zero-order chi connectivity index (χ0) is 17.7. The van der Waals surface area contributed by atoms with Gasteiger partial charge >= 0.3 is 12.0 Å². The van der Waals surface area contributed by atoms with Crippen molar-refractivity contribution in [1.29, 1.82) is 0 Å². The van der Waals surface area contributed by atoms with E-state index < -0.39 is 18.1 Å². The van der Waals surface area contributed by atoms with Crippen LogP contribution in [0, 0.1) is 5.92 Å². The summed E-state index contributed by atoms with van der Waals surface area (Å²) in [6, 6.07) is 5.42. The van der Waals surface area contributed by atoms with E-state index in [0.717, 1.165) is 12.8 Å². The average molecular weight is 333 g/mol. The lowest BCUT2D eigenvalue weighted by molar-refractivity contribution is -0.141. The summed E-state index contributed by atoms with van der Waals surface area (Å²) in [7, 11) is 0. The number of urea groups is 1. The summed E-state index contributed by atoms with van der Waals surface area (Å²) >= 11 is 0. The summed E-state index contributed by atoms with van der Waals surface area (Å²) in [6.07, 6.45) is 1.12. The minimum absolute atomic E-state index is 0.165. The maximum Gasteiger partial charge on any atom is 0.338 e. The van der Waals surface area contributed by atoms with Crippen molar-refractivity contribution in [3.05, 3.63) is 29.8 Å². The second kappa shape index (κ2) is 7.81. The molecule has 0 spiro atoms. The van der Waals surface area contributed by atoms with Gasteiger partial charge in [0.05, 0.1) is 5.56 Å². The monoisotopic (exact) mass is 333 g/mol. The number of carbonyl (C=O) groups excluding carboxylic acids is 3. The number of piperidine rings is 1. The Morgan fingerprint density at radius 2 is 1.79 bits per heavy atom. The molecule has 3 amide bonds. The number of hydrogen-bond donors (Lipinski definition) is 2. The van der Waals surface area contributed by atoms with Crippen LogP contribution in [0.3, 0.4) is 0 Å². The van der Waals surface area contributed by atoms with Gasteiger partial charge in [-0.15, -0.1) is 0 Å². The molecule has 7 heteroatoms. The Balaban J connectivity index is 1.90. The molecule has 130 valence electrons. The van der Waals surface area contributed by atoms with E-state index in [1.165, 1.54) is 12.1 Å². The average Bonchev–Trinajstić information content (AvgIpc) is 2.55. The van der Waals surface area contributed by atoms with Crippen LogP contribution in [-0.2, 0) is 9.53 Å². The molecule has 0 saturated carbocycles. The molecule has 0 radical (unpaired) electrons. The number of anilines is 1. The van der Waals surface area contributed by atoms with Crippen molar-refractivity contribution < 1.29 is 19.1 Å². The van der Waals surface area contributed by atoms with Gasteiger partial charge in [-0.3, -0.25) is 4.79 Å². The highest BCUT2D eigenvalue weighted by Crippen LogP contribution is 2.18. The Kier molecular flexibility index (Phi) is 5.78. The number of amides is 3. The van der Waals surface area contributed by atoms with Crippen molar-refractivity contribution in [2.45, 2.75) is 32.8 Å². The lowest BCUT2D eigenvalue weighted by atomic mass is 9.99. The van der Waals surface area contributed by atoms with Gasteiger partial charge in [-0.2, -0.15) is 0 Å². The number of nitrogens with one attached hydrogen (secondary N) is 1. The first-order valence-corrected chi connectivity index (χ1v) is 8.03. The molecule has 1 aromatic carbocycles. The molecule has 0 unspecified atom stereocenters. The van der Waals surface area contributed by atoms with E-state index in [4.69, 9.17) is 10.5 Å². The Morgan fingerprint density at radius 3 is 2.33 bits per heavy atom. The van der Waals surface area contributed by atoms with E-state index in [-0.39, 0.29) is 5.91 Å². The number of likely N-dealkylation sites (tertiary alicyclic amines) is 1. The number of esters is 1. The van der Waals surface area contributed by atoms with E-state index in [2.05, 4.69) is 12.2 Å². The fourth-order valence-electron chi connectivity index (χ4n) is 2.60. The fraction of sp³-hybridized carbons (Fsp3) is 0.471. The topological polar surface area (TPSA) is 102 Å². The summed E-state index contributed by atoms with van der Waals surface area (Å²) in [4.78, 5) is 37.0. The number of rotatable bonds is 4. The SMILES string of the molecule is CC1CCN(C(=O)[C@H](C)OC(=O)c2ccc(NC(N)=O)cc2)CC1. The third-order valence-electron chi connectivity index (χ3n) is 4.12. The van der Waals surface area contributed by atoms with Gasteiger partial charge in [0.1, 0.15) is 0 Å². The lowest BCUT2D eigenvalue weighted by Gasteiger charge is -2.31. The zero-order valence-corrected chi connectivity index (χ0v) is 14.0. The number of nitrogens with zero attached hydrogens (tertiary/aromatic N) is 1. The van der Waals surface area contributed by atoms with Crippen LogP contribution < -0.4 is 11.1 Å². The summed E-state index contributed by atoms with van der Waals surface area (Å²) in [5.74, 6) is -0.117. The van der Waals surface area contributed by atoms with E-state index in [1.54, 1.807) is 24.0 Å². The van der Waals surface area contributed by atoms with Crippen molar-refractivity contribution in [2.24, 2.45) is 11.7 Å². The van der Waals surface area contributed by atoms with Gasteiger partial charge in [0.25, 0.3) is 5.91 Å². The molecular formula is C17H23N3O4. The maximum absolute atomic E-state index is 12.3. The quantitative estimate of drug-likeness (QED) is 0.823. The van der Waals surface area contributed by atoms with E-state index in [9.17, 15) is 14.4 Å². The molecule has 3 N–H and O–H groups in total. The first-order valence-electron chi connectivity index (χ1n) is 8.03. The molecule has 0 bridgehead atoms. The molecule has 7 nitrogen and oxygen atoms in total. The van der Waals surface area contributed by atoms with E-state index >= 15 is 0 Å². The van der Waals surface area contributed by atoms with Gasteiger partial charge in [-0.05, 0) is 49.9 Å². The highest BCUT2D eigenvalue weighted by Gasteiger charge is 2.27. The summed E-state index contributed by atoms with van der Waals surface area (Å²) < 4.78 is 5.26. The molecule has 0 aromatic heterocycles. The van der Waals surface area contributed by atoms with Gasteiger partial charge in [-0.25, -0.2) is 9.59 Å². The van der Waals surface area contributed by atoms with Crippen molar-refractivity contribution in [3.63, 3.8) is 0 Å². The Labute approximate surface area is 141 Å². The van der Waals surface area contributed by atoms with E-state index in [1.807, 2.05) is 0 Å². The van der Waals surface area contributed by atoms with Crippen LogP contribution in [0.1, 0.15) is 37.0 Å². The van der Waals surface area contributed by atoms with Crippen LogP contribution in [0.2, 0.25) is 0 Å². The second-order valence-corrected chi connectivity index (χ2v) is 6.12. The molecular weight excluding hydrogens is 310 g/mol. The van der Waals surface area contributed by atoms with Crippen molar-refractivity contribution in [1.82, 2.24) is 4.90 Å². The van der Waals surface area contributed by atoms with Gasteiger partial charge in [-0.1, -0.05) is 6.92 Å². The molecule has 1 aliphatic heterocycles. The Bertz CT molecular complexity index is 607. The van der Waals surface area contributed by atoms with Crippen LogP contribution in [-0.4, -0.2) is 42.0 Å². The predicted molar refractivity (Wildman–Crippen MR) is 89.5 cm³/mol. The molecule has 1 fully saturated rings. The second-order valence-electron chi connectivity index (χ2n) is 6.12. The Hall–Kier alpha value is -2.57. The lowest BCUT2D eigenvalue weighted by Crippen LogP contribution is -2.44. The molecule has 1 atom stereocenters. The molecule has 2 rings (SSSR count). The first kappa shape index (κ1) is 17.8. The number of hydrogen-bond acceptors (Lipinski definition) is 4. The number of benzene rings is 1. The normalized spacial score (nSPS) is 16.3. The largest absolute Gasteiger partial charge is 0.449 e. The first-order chi connectivity index (χ1) is 11.4. The van der Waals surface area contributed by atoms with Gasteiger partial charge in [0, 0.05) is 18.8 Å². The number of primary amides is 1. The highest BCUT2D eigenvalue weighted by atomic mass is 16.5. The third kappa shape index (κ3) is 4.71. The maximum atomic E-state index is 12.3. The van der Waals surface area contributed by atoms with Gasteiger partial charge in [0.2, 0.25) is 0 Å². The van der Waals surface area contributed by atoms with Gasteiger partial charge < -0.3 is 20.7 Å². The smallest absolute Gasteiger partial charge is 0.338 e. The number of ether oxygens (including phenoxy) is 1. The van der Waals surface area contributed by atoms with Crippen molar-refractivity contribution >= 4 is 23.6 Å². The Morgan fingerprint density at radius 1 is 1.21 bits per heavy atom. The molecule has 1 aliphatic rings. The predicted octanol–water partition coefficient (Wildman–Crippen LogP) is 1.98. The standard InChI is InChI=1S/C17H23N3O4/c1-11-7-9-20(10-8-11)15(21)12(2)24-16(22)13-3-5-14(6-4-13)19-17(18)23/h3-6,11-12H,7-10H2,1-2H3,(H3,18,19,23)/t12-/m0/s1. The number of nitrogens with two attached hydrogens (primary N) is 1. The fourth-order valence-corrected chi connectivity index (χ4v) is 2.60.